The lowest BCUT2D eigenvalue weighted by molar-refractivity contribution is -0.129. The first kappa shape index (κ1) is 13.5. The molecule has 1 rings (SSSR count). The molecule has 2 N–H and O–H groups in total. The molecule has 0 spiro atoms. The van der Waals surface area contributed by atoms with Crippen LogP contribution in [0.15, 0.2) is 0 Å². The number of hydrogen-bond donors (Lipinski definition) is 2. The molecular formula is C13H26N2O. The van der Waals surface area contributed by atoms with Gasteiger partial charge in [-0.15, -0.1) is 0 Å². The maximum Gasteiger partial charge on any atom is 0.225 e. The van der Waals surface area contributed by atoms with Crippen LogP contribution >= 0.6 is 0 Å². The summed E-state index contributed by atoms with van der Waals surface area (Å²) in [6, 6.07) is 0. The fraction of sp³-hybridized carbons (Fsp3) is 0.923. The van der Waals surface area contributed by atoms with Gasteiger partial charge in [0, 0.05) is 12.0 Å². The lowest BCUT2D eigenvalue weighted by Crippen LogP contribution is -2.44. The second kappa shape index (κ2) is 5.67. The third-order valence-electron chi connectivity index (χ3n) is 3.99. The first-order valence-electron chi connectivity index (χ1n) is 6.46. The van der Waals surface area contributed by atoms with Crippen LogP contribution in [0.2, 0.25) is 0 Å². The molecule has 1 fully saturated rings. The zero-order chi connectivity index (χ0) is 12.2. The molecule has 3 nitrogen and oxygen atoms in total. The number of carbonyl (C=O) groups is 1. The van der Waals surface area contributed by atoms with Crippen molar-refractivity contribution in [3.05, 3.63) is 0 Å². The van der Waals surface area contributed by atoms with Crippen molar-refractivity contribution in [3.8, 4) is 0 Å². The summed E-state index contributed by atoms with van der Waals surface area (Å²) < 4.78 is 0. The van der Waals surface area contributed by atoms with E-state index in [1.54, 1.807) is 0 Å². The average Bonchev–Trinajstić information content (AvgIpc) is 2.27. The Morgan fingerprint density at radius 2 is 2.19 bits per heavy atom. The molecule has 1 aliphatic rings. The number of amides is 1. The molecule has 1 amide bonds. The van der Waals surface area contributed by atoms with Gasteiger partial charge in [-0.25, -0.2) is 0 Å². The van der Waals surface area contributed by atoms with E-state index < -0.39 is 0 Å². The van der Waals surface area contributed by atoms with Crippen LogP contribution in [0.25, 0.3) is 0 Å². The van der Waals surface area contributed by atoms with Gasteiger partial charge in [0.1, 0.15) is 0 Å². The van der Waals surface area contributed by atoms with Gasteiger partial charge in [-0.1, -0.05) is 27.7 Å². The third kappa shape index (κ3) is 3.48. The Labute approximate surface area is 99.4 Å². The van der Waals surface area contributed by atoms with Crippen LogP contribution < -0.4 is 10.6 Å². The highest BCUT2D eigenvalue weighted by Gasteiger charge is 2.27. The number of carbonyl (C=O) groups excluding carboxylic acids is 1. The van der Waals surface area contributed by atoms with Gasteiger partial charge < -0.3 is 10.6 Å². The van der Waals surface area contributed by atoms with Crippen LogP contribution in [0.1, 0.15) is 40.5 Å². The highest BCUT2D eigenvalue weighted by atomic mass is 16.2. The minimum Gasteiger partial charge on any atom is -0.355 e. The molecule has 0 aromatic heterocycles. The predicted octanol–water partition coefficient (Wildman–Crippen LogP) is 1.78. The Morgan fingerprint density at radius 3 is 2.75 bits per heavy atom. The van der Waals surface area contributed by atoms with E-state index in [9.17, 15) is 4.79 Å². The maximum atomic E-state index is 11.9. The normalized spacial score (nSPS) is 26.5. The number of piperidine rings is 1. The SMILES string of the molecule is CCC(C)(C)C(=O)NCC1CCNCC1C. The molecule has 1 heterocycles. The Morgan fingerprint density at radius 1 is 1.50 bits per heavy atom. The van der Waals surface area contributed by atoms with Crippen molar-refractivity contribution in [2.75, 3.05) is 19.6 Å². The highest BCUT2D eigenvalue weighted by molar-refractivity contribution is 5.81. The van der Waals surface area contributed by atoms with E-state index in [0.717, 1.165) is 26.1 Å². The first-order valence-corrected chi connectivity index (χ1v) is 6.46. The molecule has 16 heavy (non-hydrogen) atoms. The van der Waals surface area contributed by atoms with Crippen molar-refractivity contribution in [3.63, 3.8) is 0 Å². The molecule has 94 valence electrons. The number of hydrogen-bond acceptors (Lipinski definition) is 2. The summed E-state index contributed by atoms with van der Waals surface area (Å²) in [7, 11) is 0. The summed E-state index contributed by atoms with van der Waals surface area (Å²) in [6.45, 7) is 11.3. The van der Waals surface area contributed by atoms with E-state index in [-0.39, 0.29) is 11.3 Å². The first-order chi connectivity index (χ1) is 7.47. The van der Waals surface area contributed by atoms with E-state index in [4.69, 9.17) is 0 Å². The smallest absolute Gasteiger partial charge is 0.225 e. The predicted molar refractivity (Wildman–Crippen MR) is 67.2 cm³/mol. The molecule has 0 radical (unpaired) electrons. The number of nitrogens with one attached hydrogen (secondary N) is 2. The van der Waals surface area contributed by atoms with E-state index in [1.165, 1.54) is 6.42 Å². The molecule has 2 atom stereocenters. The fourth-order valence-electron chi connectivity index (χ4n) is 2.00. The molecular weight excluding hydrogens is 200 g/mol. The zero-order valence-electron chi connectivity index (χ0n) is 11.1. The summed E-state index contributed by atoms with van der Waals surface area (Å²) in [6.07, 6.45) is 2.06. The molecule has 1 aliphatic heterocycles. The zero-order valence-corrected chi connectivity index (χ0v) is 11.1. The largest absolute Gasteiger partial charge is 0.355 e. The van der Waals surface area contributed by atoms with Crippen LogP contribution in [-0.2, 0) is 4.79 Å². The van der Waals surface area contributed by atoms with E-state index in [0.29, 0.717) is 11.8 Å². The van der Waals surface area contributed by atoms with Crippen LogP contribution in [0.4, 0.5) is 0 Å². The van der Waals surface area contributed by atoms with Crippen molar-refractivity contribution < 1.29 is 4.79 Å². The van der Waals surface area contributed by atoms with Crippen LogP contribution in [0.5, 0.6) is 0 Å². The second-order valence-corrected chi connectivity index (χ2v) is 5.68. The van der Waals surface area contributed by atoms with Crippen LogP contribution in [0, 0.1) is 17.3 Å². The molecule has 0 aromatic carbocycles. The highest BCUT2D eigenvalue weighted by Crippen LogP contribution is 2.21. The third-order valence-corrected chi connectivity index (χ3v) is 3.99. The monoisotopic (exact) mass is 226 g/mol. The molecule has 0 aromatic rings. The molecule has 0 aliphatic carbocycles. The van der Waals surface area contributed by atoms with Gasteiger partial charge in [0.2, 0.25) is 5.91 Å². The van der Waals surface area contributed by atoms with E-state index in [2.05, 4.69) is 24.5 Å². The Bertz CT molecular complexity index is 238. The maximum absolute atomic E-state index is 11.9. The van der Waals surface area contributed by atoms with Gasteiger partial charge in [-0.3, -0.25) is 4.79 Å². The van der Waals surface area contributed by atoms with Crippen molar-refractivity contribution in [1.82, 2.24) is 10.6 Å². The Hall–Kier alpha value is -0.570. The Kier molecular flexibility index (Phi) is 4.78. The van der Waals surface area contributed by atoms with Gasteiger partial charge in [0.05, 0.1) is 0 Å². The van der Waals surface area contributed by atoms with E-state index in [1.807, 2.05) is 13.8 Å². The topological polar surface area (TPSA) is 41.1 Å². The van der Waals surface area contributed by atoms with Gasteiger partial charge in [-0.05, 0) is 37.8 Å². The Balaban J connectivity index is 2.36. The quantitative estimate of drug-likeness (QED) is 0.767. The second-order valence-electron chi connectivity index (χ2n) is 5.68. The lowest BCUT2D eigenvalue weighted by Gasteiger charge is -2.31. The van der Waals surface area contributed by atoms with Gasteiger partial charge in [-0.2, -0.15) is 0 Å². The fourth-order valence-corrected chi connectivity index (χ4v) is 2.00. The van der Waals surface area contributed by atoms with Crippen molar-refractivity contribution in [2.45, 2.75) is 40.5 Å². The van der Waals surface area contributed by atoms with Gasteiger partial charge in [0.15, 0.2) is 0 Å². The molecule has 3 heteroatoms. The summed E-state index contributed by atoms with van der Waals surface area (Å²) in [5, 5.41) is 6.49. The van der Waals surface area contributed by atoms with Crippen LogP contribution in [-0.4, -0.2) is 25.5 Å². The summed E-state index contributed by atoms with van der Waals surface area (Å²) in [4.78, 5) is 11.9. The lowest BCUT2D eigenvalue weighted by atomic mass is 9.86. The minimum atomic E-state index is -0.226. The van der Waals surface area contributed by atoms with Crippen molar-refractivity contribution in [2.24, 2.45) is 17.3 Å². The summed E-state index contributed by atoms with van der Waals surface area (Å²) in [5.41, 5.74) is -0.226. The van der Waals surface area contributed by atoms with Gasteiger partial charge in [0.25, 0.3) is 0 Å². The van der Waals surface area contributed by atoms with Crippen molar-refractivity contribution in [1.29, 1.82) is 0 Å². The van der Waals surface area contributed by atoms with Crippen LogP contribution in [0.3, 0.4) is 0 Å². The average molecular weight is 226 g/mol. The minimum absolute atomic E-state index is 0.195. The molecule has 2 unspecified atom stereocenters. The number of rotatable bonds is 4. The molecule has 0 saturated carbocycles. The van der Waals surface area contributed by atoms with Crippen molar-refractivity contribution >= 4 is 5.91 Å². The standard InChI is InChI=1S/C13H26N2O/c1-5-13(3,4)12(16)15-9-11-6-7-14-8-10(11)2/h10-11,14H,5-9H2,1-4H3,(H,15,16). The van der Waals surface area contributed by atoms with E-state index >= 15 is 0 Å². The summed E-state index contributed by atoms with van der Waals surface area (Å²) in [5.74, 6) is 1.50. The molecule has 0 bridgehead atoms. The molecule has 1 saturated heterocycles. The van der Waals surface area contributed by atoms with Gasteiger partial charge >= 0.3 is 0 Å². The summed E-state index contributed by atoms with van der Waals surface area (Å²) >= 11 is 0.